The summed E-state index contributed by atoms with van der Waals surface area (Å²) in [5, 5.41) is 5.48. The molecule has 1 atom stereocenters. The van der Waals surface area contributed by atoms with Crippen molar-refractivity contribution in [2.45, 2.75) is 25.8 Å². The smallest absolute Gasteiger partial charge is 0.251 e. The van der Waals surface area contributed by atoms with Gasteiger partial charge in [-0.25, -0.2) is 10.8 Å². The molecule has 1 aromatic heterocycles. The standard InChI is InChI=1S/C12H17N5O2/c1-2-8-3-7(4-10(15-8)17-13)12(19)16-9-5-11(18)14-6-9/h3-4,9H,2,5-6,13H2,1H3,(H,14,18)(H,15,17)(H,16,19). The SMILES string of the molecule is CCc1cc(C(=O)NC2CNC(=O)C2)cc(NN)n1. The van der Waals surface area contributed by atoms with Gasteiger partial charge in [0, 0.05) is 24.2 Å². The van der Waals surface area contributed by atoms with E-state index in [0.29, 0.717) is 30.8 Å². The lowest BCUT2D eigenvalue weighted by Crippen LogP contribution is -2.36. The molecule has 0 radical (unpaired) electrons. The van der Waals surface area contributed by atoms with Crippen LogP contribution in [0.2, 0.25) is 0 Å². The molecule has 1 aromatic rings. The molecule has 0 aromatic carbocycles. The van der Waals surface area contributed by atoms with Gasteiger partial charge in [-0.05, 0) is 18.6 Å². The van der Waals surface area contributed by atoms with Crippen molar-refractivity contribution >= 4 is 17.6 Å². The van der Waals surface area contributed by atoms with Gasteiger partial charge in [-0.3, -0.25) is 9.59 Å². The average Bonchev–Trinajstić information content (AvgIpc) is 2.83. The van der Waals surface area contributed by atoms with Crippen LogP contribution in [-0.2, 0) is 11.2 Å². The number of rotatable bonds is 4. The molecule has 1 fully saturated rings. The molecular formula is C12H17N5O2. The fraction of sp³-hybridized carbons (Fsp3) is 0.417. The molecule has 1 unspecified atom stereocenters. The highest BCUT2D eigenvalue weighted by Crippen LogP contribution is 2.11. The van der Waals surface area contributed by atoms with E-state index in [1.807, 2.05) is 6.92 Å². The largest absolute Gasteiger partial charge is 0.354 e. The molecule has 1 saturated heterocycles. The van der Waals surface area contributed by atoms with Crippen LogP contribution in [0.1, 0.15) is 29.4 Å². The monoisotopic (exact) mass is 263 g/mol. The number of nitrogens with two attached hydrogens (primary N) is 1. The summed E-state index contributed by atoms with van der Waals surface area (Å²) in [7, 11) is 0. The molecule has 0 spiro atoms. The second-order valence-corrected chi connectivity index (χ2v) is 4.41. The number of nitrogen functional groups attached to an aromatic ring is 1. The van der Waals surface area contributed by atoms with Gasteiger partial charge in [0.1, 0.15) is 5.82 Å². The molecule has 0 bridgehead atoms. The highest BCUT2D eigenvalue weighted by molar-refractivity contribution is 5.95. The molecule has 19 heavy (non-hydrogen) atoms. The van der Waals surface area contributed by atoms with Crippen LogP contribution >= 0.6 is 0 Å². The molecule has 1 aliphatic rings. The van der Waals surface area contributed by atoms with Crippen molar-refractivity contribution < 1.29 is 9.59 Å². The molecule has 7 heteroatoms. The molecule has 2 heterocycles. The van der Waals surface area contributed by atoms with E-state index in [2.05, 4.69) is 21.0 Å². The van der Waals surface area contributed by atoms with E-state index < -0.39 is 0 Å². The number of pyridine rings is 1. The number of carbonyl (C=O) groups is 2. The Labute approximate surface area is 110 Å². The number of aryl methyl sites for hydroxylation is 1. The normalized spacial score (nSPS) is 18.0. The highest BCUT2D eigenvalue weighted by atomic mass is 16.2. The van der Waals surface area contributed by atoms with Crippen molar-refractivity contribution in [1.29, 1.82) is 0 Å². The maximum Gasteiger partial charge on any atom is 0.251 e. The Bertz CT molecular complexity index is 481. The summed E-state index contributed by atoms with van der Waals surface area (Å²) < 4.78 is 0. The van der Waals surface area contributed by atoms with E-state index in [1.54, 1.807) is 12.1 Å². The number of carbonyl (C=O) groups excluding carboxylic acids is 2. The third-order valence-corrected chi connectivity index (χ3v) is 2.96. The van der Waals surface area contributed by atoms with Crippen LogP contribution in [0.5, 0.6) is 0 Å². The van der Waals surface area contributed by atoms with Gasteiger partial charge in [-0.2, -0.15) is 0 Å². The first-order chi connectivity index (χ1) is 9.12. The number of aromatic nitrogens is 1. The number of hydrogen-bond acceptors (Lipinski definition) is 5. The molecule has 1 aliphatic heterocycles. The lowest BCUT2D eigenvalue weighted by Gasteiger charge is -2.12. The number of amides is 2. The van der Waals surface area contributed by atoms with Crippen molar-refractivity contribution in [1.82, 2.24) is 15.6 Å². The summed E-state index contributed by atoms with van der Waals surface area (Å²) >= 11 is 0. The Hall–Kier alpha value is -2.15. The zero-order valence-corrected chi connectivity index (χ0v) is 10.7. The first-order valence-electron chi connectivity index (χ1n) is 6.17. The maximum atomic E-state index is 12.1. The lowest BCUT2D eigenvalue weighted by molar-refractivity contribution is -0.119. The van der Waals surface area contributed by atoms with Crippen LogP contribution in [0.4, 0.5) is 5.82 Å². The summed E-state index contributed by atoms with van der Waals surface area (Å²) in [6.07, 6.45) is 1.03. The fourth-order valence-electron chi connectivity index (χ4n) is 1.95. The van der Waals surface area contributed by atoms with E-state index in [4.69, 9.17) is 5.84 Å². The number of nitrogens with zero attached hydrogens (tertiary/aromatic N) is 1. The summed E-state index contributed by atoms with van der Waals surface area (Å²) in [5.41, 5.74) is 3.70. The van der Waals surface area contributed by atoms with Crippen LogP contribution < -0.4 is 21.9 Å². The number of hydrazine groups is 1. The molecule has 7 nitrogen and oxygen atoms in total. The minimum absolute atomic E-state index is 0.0430. The summed E-state index contributed by atoms with van der Waals surface area (Å²) in [4.78, 5) is 27.4. The quantitative estimate of drug-likeness (QED) is 0.434. The van der Waals surface area contributed by atoms with Crippen LogP contribution in [-0.4, -0.2) is 29.4 Å². The average molecular weight is 263 g/mol. The van der Waals surface area contributed by atoms with Gasteiger partial charge in [0.25, 0.3) is 5.91 Å². The van der Waals surface area contributed by atoms with E-state index >= 15 is 0 Å². The van der Waals surface area contributed by atoms with E-state index in [1.165, 1.54) is 0 Å². The van der Waals surface area contributed by atoms with Gasteiger partial charge in [-0.1, -0.05) is 6.92 Å². The minimum Gasteiger partial charge on any atom is -0.354 e. The van der Waals surface area contributed by atoms with E-state index in [-0.39, 0.29) is 17.9 Å². The highest BCUT2D eigenvalue weighted by Gasteiger charge is 2.23. The fourth-order valence-corrected chi connectivity index (χ4v) is 1.95. The zero-order valence-electron chi connectivity index (χ0n) is 10.7. The lowest BCUT2D eigenvalue weighted by atomic mass is 10.1. The first-order valence-corrected chi connectivity index (χ1v) is 6.17. The molecule has 5 N–H and O–H groups in total. The summed E-state index contributed by atoms with van der Waals surface area (Å²) in [6.45, 7) is 2.42. The molecular weight excluding hydrogens is 246 g/mol. The van der Waals surface area contributed by atoms with Gasteiger partial charge >= 0.3 is 0 Å². The van der Waals surface area contributed by atoms with Crippen LogP contribution in [0.3, 0.4) is 0 Å². The van der Waals surface area contributed by atoms with E-state index in [9.17, 15) is 9.59 Å². The Morgan fingerprint density at radius 3 is 2.95 bits per heavy atom. The topological polar surface area (TPSA) is 109 Å². The third-order valence-electron chi connectivity index (χ3n) is 2.96. The van der Waals surface area contributed by atoms with Gasteiger partial charge < -0.3 is 16.1 Å². The molecule has 2 amide bonds. The number of hydrogen-bond donors (Lipinski definition) is 4. The summed E-state index contributed by atoms with van der Waals surface area (Å²) in [6, 6.07) is 3.14. The number of anilines is 1. The van der Waals surface area contributed by atoms with Crippen molar-refractivity contribution in [3.63, 3.8) is 0 Å². The molecule has 102 valence electrons. The summed E-state index contributed by atoms with van der Waals surface area (Å²) in [5.74, 6) is 5.50. The maximum absolute atomic E-state index is 12.1. The Balaban J connectivity index is 2.11. The Morgan fingerprint density at radius 1 is 1.58 bits per heavy atom. The zero-order chi connectivity index (χ0) is 13.8. The predicted octanol–water partition coefficient (Wildman–Crippen LogP) is -0.452. The molecule has 2 rings (SSSR count). The Kier molecular flexibility index (Phi) is 3.96. The second kappa shape index (κ2) is 5.66. The third kappa shape index (κ3) is 3.19. The number of nitrogens with one attached hydrogen (secondary N) is 3. The second-order valence-electron chi connectivity index (χ2n) is 4.41. The van der Waals surface area contributed by atoms with Gasteiger partial charge in [0.2, 0.25) is 5.91 Å². The van der Waals surface area contributed by atoms with Gasteiger partial charge in [0.05, 0.1) is 6.04 Å². The Morgan fingerprint density at radius 2 is 2.37 bits per heavy atom. The van der Waals surface area contributed by atoms with Crippen molar-refractivity contribution in [2.75, 3.05) is 12.0 Å². The van der Waals surface area contributed by atoms with Crippen LogP contribution in [0.15, 0.2) is 12.1 Å². The molecule has 0 saturated carbocycles. The van der Waals surface area contributed by atoms with Gasteiger partial charge in [-0.15, -0.1) is 0 Å². The molecule has 0 aliphatic carbocycles. The van der Waals surface area contributed by atoms with Crippen molar-refractivity contribution in [3.8, 4) is 0 Å². The van der Waals surface area contributed by atoms with E-state index in [0.717, 1.165) is 5.69 Å². The predicted molar refractivity (Wildman–Crippen MR) is 70.3 cm³/mol. The first kappa shape index (κ1) is 13.3. The van der Waals surface area contributed by atoms with Crippen LogP contribution in [0, 0.1) is 0 Å². The van der Waals surface area contributed by atoms with Gasteiger partial charge in [0.15, 0.2) is 0 Å². The van der Waals surface area contributed by atoms with Crippen molar-refractivity contribution in [3.05, 3.63) is 23.4 Å². The minimum atomic E-state index is -0.227. The van der Waals surface area contributed by atoms with Crippen molar-refractivity contribution in [2.24, 2.45) is 5.84 Å². The van der Waals surface area contributed by atoms with Crippen LogP contribution in [0.25, 0.3) is 0 Å².